The molecule has 0 aliphatic carbocycles. The number of thiazole rings is 1. The van der Waals surface area contributed by atoms with E-state index >= 15 is 0 Å². The molecule has 4 nitrogen and oxygen atoms in total. The molecule has 2 aromatic heterocycles. The molecule has 20 heavy (non-hydrogen) atoms. The molecule has 0 saturated carbocycles. The van der Waals surface area contributed by atoms with E-state index in [9.17, 15) is 0 Å². The minimum Gasteiger partial charge on any atom is -0.329 e. The van der Waals surface area contributed by atoms with E-state index in [2.05, 4.69) is 23.0 Å². The van der Waals surface area contributed by atoms with Crippen molar-refractivity contribution in [2.45, 2.75) is 19.4 Å². The predicted octanol–water partition coefficient (Wildman–Crippen LogP) is 3.83. The summed E-state index contributed by atoms with van der Waals surface area (Å²) in [5.41, 5.74) is 2.40. The zero-order valence-corrected chi connectivity index (χ0v) is 12.5. The molecule has 1 N–H and O–H groups in total. The summed E-state index contributed by atoms with van der Waals surface area (Å²) in [5.74, 6) is 0.284. The normalized spacial score (nSPS) is 12.4. The van der Waals surface area contributed by atoms with Crippen LogP contribution in [0.15, 0.2) is 29.8 Å². The molecule has 1 unspecified atom stereocenters. The fourth-order valence-electron chi connectivity index (χ4n) is 2.28. The molecule has 0 spiro atoms. The zero-order chi connectivity index (χ0) is 14.1. The Morgan fingerprint density at radius 3 is 3.10 bits per heavy atom. The third-order valence-electron chi connectivity index (χ3n) is 3.26. The first-order valence-electron chi connectivity index (χ1n) is 6.21. The Kier molecular flexibility index (Phi) is 3.38. The molecule has 1 aromatic carbocycles. The van der Waals surface area contributed by atoms with Crippen LogP contribution in [-0.4, -0.2) is 14.5 Å². The highest BCUT2D eigenvalue weighted by Crippen LogP contribution is 2.24. The third-order valence-corrected chi connectivity index (χ3v) is 4.59. The molecule has 0 radical (unpaired) electrons. The largest absolute Gasteiger partial charge is 0.329 e. The number of aromatic amines is 1. The van der Waals surface area contributed by atoms with E-state index in [-0.39, 0.29) is 5.92 Å². The summed E-state index contributed by atoms with van der Waals surface area (Å²) >= 11 is 7.04. The minimum atomic E-state index is 0.284. The van der Waals surface area contributed by atoms with Gasteiger partial charge in [-0.05, 0) is 24.4 Å². The minimum absolute atomic E-state index is 0.284. The lowest BCUT2D eigenvalue weighted by Crippen LogP contribution is -2.06. The van der Waals surface area contributed by atoms with Crippen molar-refractivity contribution in [2.75, 3.05) is 0 Å². The average molecular weight is 300 g/mol. The summed E-state index contributed by atoms with van der Waals surface area (Å²) in [6.07, 6.45) is 1.82. The van der Waals surface area contributed by atoms with Gasteiger partial charge in [-0.2, -0.15) is 5.26 Å². The van der Waals surface area contributed by atoms with Crippen LogP contribution in [0.25, 0.3) is 11.0 Å². The summed E-state index contributed by atoms with van der Waals surface area (Å²) in [5, 5.41) is 12.2. The molecule has 3 rings (SSSR count). The number of aromatic nitrogens is 3. The van der Waals surface area contributed by atoms with Gasteiger partial charge >= 0.3 is 0 Å². The number of hydrogen-bond acceptors (Lipinski definition) is 4. The lowest BCUT2D eigenvalue weighted by Gasteiger charge is -2.10. The van der Waals surface area contributed by atoms with Crippen LogP contribution in [0.5, 0.6) is 0 Å². The second-order valence-electron chi connectivity index (χ2n) is 4.62. The number of nitrogens with zero attached hydrogens (tertiary/aromatic N) is 3. The first-order valence-corrected chi connectivity index (χ1v) is 7.50. The Bertz CT molecular complexity index is 836. The van der Waals surface area contributed by atoms with Crippen LogP contribution < -0.4 is 0 Å². The number of imidazole rings is 1. The number of para-hydroxylation sites is 1. The molecular weight excluding hydrogens is 288 g/mol. The maximum atomic E-state index is 9.15. The van der Waals surface area contributed by atoms with Gasteiger partial charge in [0.1, 0.15) is 6.07 Å². The van der Waals surface area contributed by atoms with Gasteiger partial charge < -0.3 is 9.55 Å². The monoisotopic (exact) mass is 300 g/mol. The quantitative estimate of drug-likeness (QED) is 0.748. The van der Waals surface area contributed by atoms with E-state index in [4.69, 9.17) is 17.5 Å². The second-order valence-corrected chi connectivity index (χ2v) is 5.94. The Labute approximate surface area is 125 Å². The van der Waals surface area contributed by atoms with Crippen LogP contribution in [-0.2, 0) is 6.54 Å². The Morgan fingerprint density at radius 2 is 2.40 bits per heavy atom. The number of hydrogen-bond donors (Lipinski definition) is 1. The number of nitriles is 1. The Morgan fingerprint density at radius 1 is 1.55 bits per heavy atom. The van der Waals surface area contributed by atoms with Crippen LogP contribution in [0.3, 0.4) is 0 Å². The number of rotatable bonds is 3. The van der Waals surface area contributed by atoms with Gasteiger partial charge in [-0.3, -0.25) is 0 Å². The summed E-state index contributed by atoms with van der Waals surface area (Å²) in [7, 11) is 0. The molecule has 100 valence electrons. The first-order chi connectivity index (χ1) is 9.70. The lowest BCUT2D eigenvalue weighted by atomic mass is 10.1. The molecule has 0 amide bonds. The van der Waals surface area contributed by atoms with Crippen molar-refractivity contribution in [3.63, 3.8) is 0 Å². The van der Waals surface area contributed by atoms with Gasteiger partial charge in [-0.15, -0.1) is 11.3 Å². The van der Waals surface area contributed by atoms with Crippen LogP contribution in [0.2, 0.25) is 0 Å². The van der Waals surface area contributed by atoms with E-state index in [1.807, 2.05) is 28.3 Å². The molecule has 0 aliphatic heterocycles. The molecular formula is C14H12N4S2. The number of benzene rings is 1. The van der Waals surface area contributed by atoms with Gasteiger partial charge in [-0.1, -0.05) is 13.0 Å². The maximum Gasteiger partial charge on any atom is 0.178 e. The first kappa shape index (κ1) is 13.0. The van der Waals surface area contributed by atoms with Gasteiger partial charge in [0.2, 0.25) is 0 Å². The van der Waals surface area contributed by atoms with Crippen molar-refractivity contribution < 1.29 is 0 Å². The average Bonchev–Trinajstić information content (AvgIpc) is 3.07. The Balaban J connectivity index is 2.07. The topological polar surface area (TPSA) is 57.4 Å². The van der Waals surface area contributed by atoms with Crippen LogP contribution in [0, 0.1) is 16.1 Å². The molecule has 6 heteroatoms. The fourth-order valence-corrected chi connectivity index (χ4v) is 3.25. The summed E-state index contributed by atoms with van der Waals surface area (Å²) < 4.78 is 2.68. The third kappa shape index (κ3) is 2.15. The lowest BCUT2D eigenvalue weighted by molar-refractivity contribution is 0.602. The van der Waals surface area contributed by atoms with Gasteiger partial charge in [-0.25, -0.2) is 4.98 Å². The van der Waals surface area contributed by atoms with Gasteiger partial charge in [0.15, 0.2) is 4.77 Å². The smallest absolute Gasteiger partial charge is 0.178 e. The highest BCUT2D eigenvalue weighted by atomic mass is 32.1. The van der Waals surface area contributed by atoms with Crippen molar-refractivity contribution in [1.29, 1.82) is 5.26 Å². The molecule has 0 aliphatic rings. The molecule has 2 heterocycles. The van der Waals surface area contributed by atoms with E-state index < -0.39 is 0 Å². The van der Waals surface area contributed by atoms with E-state index in [0.29, 0.717) is 10.3 Å². The van der Waals surface area contributed by atoms with Crippen molar-refractivity contribution in [2.24, 2.45) is 0 Å². The summed E-state index contributed by atoms with van der Waals surface area (Å²) in [6.45, 7) is 2.88. The van der Waals surface area contributed by atoms with Crippen molar-refractivity contribution in [1.82, 2.24) is 14.5 Å². The number of nitrogens with one attached hydrogen (secondary N) is 1. The number of fused-ring (bicyclic) bond motifs is 1. The molecule has 0 saturated heterocycles. The van der Waals surface area contributed by atoms with E-state index in [0.717, 1.165) is 22.6 Å². The van der Waals surface area contributed by atoms with E-state index in [1.165, 1.54) is 0 Å². The Hall–Kier alpha value is -1.97. The maximum absolute atomic E-state index is 9.15. The molecule has 0 fully saturated rings. The van der Waals surface area contributed by atoms with Crippen LogP contribution in [0.1, 0.15) is 23.4 Å². The van der Waals surface area contributed by atoms with Crippen LogP contribution in [0.4, 0.5) is 0 Å². The molecule has 0 bridgehead atoms. The molecule has 1 atom stereocenters. The highest BCUT2D eigenvalue weighted by molar-refractivity contribution is 7.71. The van der Waals surface area contributed by atoms with Gasteiger partial charge in [0.25, 0.3) is 0 Å². The second kappa shape index (κ2) is 5.19. The number of H-pyrrole nitrogens is 1. The zero-order valence-electron chi connectivity index (χ0n) is 10.8. The van der Waals surface area contributed by atoms with Crippen molar-refractivity contribution in [3.8, 4) is 6.07 Å². The standard InChI is InChI=1S/C14H12N4S2/c1-9(13-16-5-6-20-13)8-18-11-4-2-3-10(7-15)12(11)17-14(18)19/h2-6,9H,8H2,1H3,(H,17,19). The SMILES string of the molecule is CC(Cn1c(=S)[nH]c2c(C#N)cccc21)c1nccs1. The van der Waals surface area contributed by atoms with Crippen molar-refractivity contribution in [3.05, 3.63) is 45.1 Å². The predicted molar refractivity (Wildman–Crippen MR) is 82.4 cm³/mol. The highest BCUT2D eigenvalue weighted by Gasteiger charge is 2.13. The van der Waals surface area contributed by atoms with E-state index in [1.54, 1.807) is 17.4 Å². The molecule has 3 aromatic rings. The summed E-state index contributed by atoms with van der Waals surface area (Å²) in [6, 6.07) is 7.85. The summed E-state index contributed by atoms with van der Waals surface area (Å²) in [4.78, 5) is 7.48. The van der Waals surface area contributed by atoms with Gasteiger partial charge in [0, 0.05) is 24.0 Å². The van der Waals surface area contributed by atoms with Crippen LogP contribution >= 0.6 is 23.6 Å². The van der Waals surface area contributed by atoms with Gasteiger partial charge in [0.05, 0.1) is 21.6 Å². The van der Waals surface area contributed by atoms with Crippen molar-refractivity contribution >= 4 is 34.6 Å². The fraction of sp³-hybridized carbons (Fsp3) is 0.214.